The van der Waals surface area contributed by atoms with Gasteiger partial charge in [-0.05, 0) is 25.5 Å². The lowest BCUT2D eigenvalue weighted by Gasteiger charge is -2.36. The minimum Gasteiger partial charge on any atom is -0.495 e. The number of methoxy groups -OCH3 is 1. The summed E-state index contributed by atoms with van der Waals surface area (Å²) in [6, 6.07) is 9.51. The van der Waals surface area contributed by atoms with Crippen LogP contribution in [0.15, 0.2) is 40.3 Å². The van der Waals surface area contributed by atoms with E-state index >= 15 is 0 Å². The lowest BCUT2D eigenvalue weighted by Crippen LogP contribution is -2.48. The molecular weight excluding hydrogens is 388 g/mol. The first-order chi connectivity index (χ1) is 14.0. The molecule has 0 spiro atoms. The van der Waals surface area contributed by atoms with Gasteiger partial charge in [0.1, 0.15) is 5.75 Å². The third kappa shape index (κ3) is 5.32. The monoisotopic (exact) mass is 416 g/mol. The molecule has 156 valence electrons. The van der Waals surface area contributed by atoms with Gasteiger partial charge in [0, 0.05) is 57.2 Å². The minimum atomic E-state index is -0.0519. The lowest BCUT2D eigenvalue weighted by atomic mass is 10.2. The molecule has 1 fully saturated rings. The summed E-state index contributed by atoms with van der Waals surface area (Å²) in [6.07, 6.45) is 1.28. The molecule has 0 N–H and O–H groups in total. The highest BCUT2D eigenvalue weighted by molar-refractivity contribution is 7.99. The van der Waals surface area contributed by atoms with Gasteiger partial charge in [-0.3, -0.25) is 14.2 Å². The van der Waals surface area contributed by atoms with Gasteiger partial charge < -0.3 is 14.5 Å². The number of rotatable bonds is 7. The Hall–Kier alpha value is -2.48. The number of hydrogen-bond donors (Lipinski definition) is 0. The number of para-hydroxylation sites is 2. The average Bonchev–Trinajstić information content (AvgIpc) is 2.74. The number of aromatic nitrogens is 2. The van der Waals surface area contributed by atoms with Crippen molar-refractivity contribution in [2.24, 2.45) is 7.05 Å². The Morgan fingerprint density at radius 2 is 1.93 bits per heavy atom. The maximum Gasteiger partial charge on any atom is 0.254 e. The van der Waals surface area contributed by atoms with Crippen LogP contribution in [0.3, 0.4) is 0 Å². The van der Waals surface area contributed by atoms with Gasteiger partial charge in [0.15, 0.2) is 5.16 Å². The fourth-order valence-electron chi connectivity index (χ4n) is 3.39. The second-order valence-electron chi connectivity index (χ2n) is 7.07. The van der Waals surface area contributed by atoms with Gasteiger partial charge in [-0.25, -0.2) is 4.98 Å². The van der Waals surface area contributed by atoms with Crippen LogP contribution in [0.1, 0.15) is 18.5 Å². The summed E-state index contributed by atoms with van der Waals surface area (Å²) in [6.45, 7) is 4.86. The van der Waals surface area contributed by atoms with Crippen LogP contribution in [-0.4, -0.2) is 59.4 Å². The van der Waals surface area contributed by atoms with Gasteiger partial charge >= 0.3 is 0 Å². The van der Waals surface area contributed by atoms with Crippen molar-refractivity contribution < 1.29 is 9.53 Å². The van der Waals surface area contributed by atoms with Crippen LogP contribution in [0.25, 0.3) is 0 Å². The molecule has 8 heteroatoms. The maximum atomic E-state index is 12.6. The molecule has 0 bridgehead atoms. The minimum absolute atomic E-state index is 0.0519. The van der Waals surface area contributed by atoms with Crippen molar-refractivity contribution in [3.63, 3.8) is 0 Å². The van der Waals surface area contributed by atoms with Gasteiger partial charge in [-0.1, -0.05) is 23.9 Å². The van der Waals surface area contributed by atoms with E-state index in [9.17, 15) is 9.59 Å². The Balaban J connectivity index is 1.44. The molecule has 1 aromatic carbocycles. The van der Waals surface area contributed by atoms with Crippen LogP contribution < -0.4 is 15.2 Å². The fraction of sp³-hybridized carbons (Fsp3) is 0.476. The van der Waals surface area contributed by atoms with Crippen molar-refractivity contribution in [2.75, 3.05) is 43.9 Å². The van der Waals surface area contributed by atoms with Crippen LogP contribution >= 0.6 is 11.8 Å². The highest BCUT2D eigenvalue weighted by Crippen LogP contribution is 2.28. The summed E-state index contributed by atoms with van der Waals surface area (Å²) >= 11 is 1.52. The number of hydrogen-bond acceptors (Lipinski definition) is 6. The summed E-state index contributed by atoms with van der Waals surface area (Å²) in [5, 5.41) is 0.702. The largest absolute Gasteiger partial charge is 0.495 e. The van der Waals surface area contributed by atoms with Gasteiger partial charge in [0.2, 0.25) is 5.91 Å². The molecule has 2 aromatic rings. The van der Waals surface area contributed by atoms with E-state index in [1.165, 1.54) is 17.8 Å². The van der Waals surface area contributed by atoms with Crippen molar-refractivity contribution >= 4 is 23.4 Å². The molecule has 1 saturated heterocycles. The molecule has 0 aliphatic carbocycles. The van der Waals surface area contributed by atoms with Crippen LogP contribution in [0.2, 0.25) is 0 Å². The highest BCUT2D eigenvalue weighted by atomic mass is 32.2. The predicted molar refractivity (Wildman–Crippen MR) is 116 cm³/mol. The number of thioether (sulfide) groups is 1. The fourth-order valence-corrected chi connectivity index (χ4v) is 4.35. The molecule has 0 unspecified atom stereocenters. The first kappa shape index (κ1) is 21.2. The van der Waals surface area contributed by atoms with Gasteiger partial charge in [0.05, 0.1) is 12.8 Å². The number of piperazine rings is 1. The van der Waals surface area contributed by atoms with E-state index in [4.69, 9.17) is 4.74 Å². The van der Waals surface area contributed by atoms with E-state index in [1.54, 1.807) is 18.7 Å². The number of nitrogens with zero attached hydrogens (tertiary/aromatic N) is 4. The highest BCUT2D eigenvalue weighted by Gasteiger charge is 2.22. The van der Waals surface area contributed by atoms with E-state index in [1.807, 2.05) is 30.0 Å². The zero-order valence-electron chi connectivity index (χ0n) is 17.3. The van der Waals surface area contributed by atoms with E-state index in [0.717, 1.165) is 55.5 Å². The summed E-state index contributed by atoms with van der Waals surface area (Å²) in [4.78, 5) is 33.0. The Kier molecular flexibility index (Phi) is 7.19. The Bertz CT molecular complexity index is 907. The van der Waals surface area contributed by atoms with Crippen LogP contribution in [0.5, 0.6) is 5.75 Å². The molecule has 29 heavy (non-hydrogen) atoms. The second-order valence-corrected chi connectivity index (χ2v) is 8.13. The Morgan fingerprint density at radius 1 is 1.21 bits per heavy atom. The van der Waals surface area contributed by atoms with Gasteiger partial charge in [-0.15, -0.1) is 0 Å². The van der Waals surface area contributed by atoms with Crippen LogP contribution in [0.4, 0.5) is 5.69 Å². The van der Waals surface area contributed by atoms with Crippen molar-refractivity contribution in [1.29, 1.82) is 0 Å². The average molecular weight is 417 g/mol. The van der Waals surface area contributed by atoms with Gasteiger partial charge in [-0.2, -0.15) is 0 Å². The normalized spacial score (nSPS) is 14.2. The molecule has 1 amide bonds. The van der Waals surface area contributed by atoms with E-state index < -0.39 is 0 Å². The van der Waals surface area contributed by atoms with Gasteiger partial charge in [0.25, 0.3) is 5.56 Å². The van der Waals surface area contributed by atoms with E-state index in [0.29, 0.717) is 11.6 Å². The quantitative estimate of drug-likeness (QED) is 0.392. The maximum absolute atomic E-state index is 12.6. The SMILES string of the molecule is COc1ccccc1N1CCN(C(=O)CCCSc2nc(C)cc(=O)n2C)CC1. The molecule has 0 radical (unpaired) electrons. The first-order valence-electron chi connectivity index (χ1n) is 9.83. The molecule has 0 saturated carbocycles. The number of benzene rings is 1. The second kappa shape index (κ2) is 9.82. The predicted octanol–water partition coefficient (Wildman–Crippen LogP) is 2.32. The van der Waals surface area contributed by atoms with Crippen LogP contribution in [-0.2, 0) is 11.8 Å². The first-order valence-corrected chi connectivity index (χ1v) is 10.8. The van der Waals surface area contributed by atoms with Crippen molar-refractivity contribution in [1.82, 2.24) is 14.5 Å². The zero-order valence-corrected chi connectivity index (χ0v) is 18.1. The summed E-state index contributed by atoms with van der Waals surface area (Å²) in [5.41, 5.74) is 1.75. The number of aryl methyl sites for hydroxylation is 1. The number of amides is 1. The number of carbonyl (C=O) groups is 1. The van der Waals surface area contributed by atoms with Crippen molar-refractivity contribution in [3.05, 3.63) is 46.4 Å². The third-order valence-electron chi connectivity index (χ3n) is 5.05. The molecular formula is C21H28N4O3S. The third-order valence-corrected chi connectivity index (χ3v) is 6.16. The van der Waals surface area contributed by atoms with Crippen LogP contribution in [0, 0.1) is 6.92 Å². The zero-order chi connectivity index (χ0) is 20.8. The molecule has 0 atom stereocenters. The molecule has 1 aromatic heterocycles. The smallest absolute Gasteiger partial charge is 0.254 e. The number of ether oxygens (including phenoxy) is 1. The summed E-state index contributed by atoms with van der Waals surface area (Å²) in [7, 11) is 3.41. The number of carbonyl (C=O) groups excluding carboxylic acids is 1. The Labute approximate surface area is 175 Å². The molecule has 1 aliphatic rings. The molecule has 2 heterocycles. The molecule has 1 aliphatic heterocycles. The summed E-state index contributed by atoms with van der Waals surface area (Å²) in [5.74, 6) is 1.82. The van der Waals surface area contributed by atoms with E-state index in [2.05, 4.69) is 16.0 Å². The Morgan fingerprint density at radius 3 is 2.66 bits per heavy atom. The molecule has 7 nitrogen and oxygen atoms in total. The van der Waals surface area contributed by atoms with Crippen molar-refractivity contribution in [2.45, 2.75) is 24.9 Å². The summed E-state index contributed by atoms with van der Waals surface area (Å²) < 4.78 is 7.00. The van der Waals surface area contributed by atoms with E-state index in [-0.39, 0.29) is 11.5 Å². The molecule has 3 rings (SSSR count). The topological polar surface area (TPSA) is 67.7 Å². The standard InChI is InChI=1S/C21H28N4O3S/c1-16-15-20(27)23(2)21(22-16)29-14-6-9-19(26)25-12-10-24(11-13-25)17-7-4-5-8-18(17)28-3/h4-5,7-8,15H,6,9-14H2,1-3H3. The number of anilines is 1. The lowest BCUT2D eigenvalue weighted by molar-refractivity contribution is -0.131. The van der Waals surface area contributed by atoms with Crippen molar-refractivity contribution in [3.8, 4) is 5.75 Å².